The van der Waals surface area contributed by atoms with Gasteiger partial charge in [0.25, 0.3) is 5.91 Å². The van der Waals surface area contributed by atoms with Crippen LogP contribution in [0.4, 0.5) is 0 Å². The molecule has 1 heterocycles. The van der Waals surface area contributed by atoms with Crippen LogP contribution in [0.15, 0.2) is 30.5 Å². The first-order chi connectivity index (χ1) is 8.70. The Labute approximate surface area is 110 Å². The van der Waals surface area contributed by atoms with E-state index in [4.69, 9.17) is 4.74 Å². The Bertz CT molecular complexity index is 551. The molecule has 0 fully saturated rings. The third-order valence-electron chi connectivity index (χ3n) is 2.42. The molecule has 0 aliphatic carbocycles. The molecule has 1 aromatic carbocycles. The van der Waals surface area contributed by atoms with Gasteiger partial charge in [0.05, 0.1) is 19.2 Å². The maximum absolute atomic E-state index is 12.0. The number of aromatic nitrogens is 1. The zero-order chi connectivity index (χ0) is 13.0. The minimum Gasteiger partial charge on any atom is -0.496 e. The summed E-state index contributed by atoms with van der Waals surface area (Å²) < 4.78 is 5.15. The lowest BCUT2D eigenvalue weighted by Crippen LogP contribution is -2.23. The Hall–Kier alpha value is -1.88. The number of hydrogen-bond acceptors (Lipinski definition) is 4. The van der Waals surface area contributed by atoms with Gasteiger partial charge in [0, 0.05) is 11.1 Å². The molecule has 18 heavy (non-hydrogen) atoms. The molecule has 1 amide bonds. The number of thiazole rings is 1. The van der Waals surface area contributed by atoms with Crippen molar-refractivity contribution in [1.29, 1.82) is 0 Å². The highest BCUT2D eigenvalue weighted by molar-refractivity contribution is 7.11. The second-order valence-electron chi connectivity index (χ2n) is 3.75. The van der Waals surface area contributed by atoms with Crippen LogP contribution in [0.3, 0.4) is 0 Å². The highest BCUT2D eigenvalue weighted by atomic mass is 32.1. The third kappa shape index (κ3) is 2.87. The lowest BCUT2D eigenvalue weighted by molar-refractivity contribution is 0.0948. The van der Waals surface area contributed by atoms with Gasteiger partial charge in [-0.3, -0.25) is 4.79 Å². The van der Waals surface area contributed by atoms with Gasteiger partial charge in [0.15, 0.2) is 0 Å². The molecular weight excluding hydrogens is 248 g/mol. The number of aryl methyl sites for hydroxylation is 1. The van der Waals surface area contributed by atoms with Crippen molar-refractivity contribution in [2.75, 3.05) is 7.11 Å². The van der Waals surface area contributed by atoms with E-state index in [1.54, 1.807) is 36.8 Å². The quantitative estimate of drug-likeness (QED) is 0.920. The van der Waals surface area contributed by atoms with Gasteiger partial charge in [-0.15, -0.1) is 11.3 Å². The van der Waals surface area contributed by atoms with E-state index in [-0.39, 0.29) is 5.91 Å². The molecule has 2 rings (SSSR count). The van der Waals surface area contributed by atoms with Crippen molar-refractivity contribution in [2.24, 2.45) is 0 Å². The maximum Gasteiger partial charge on any atom is 0.255 e. The summed E-state index contributed by atoms with van der Waals surface area (Å²) in [6.45, 7) is 2.43. The third-order valence-corrected chi connectivity index (χ3v) is 3.33. The molecule has 1 N–H and O–H groups in total. The van der Waals surface area contributed by atoms with Crippen LogP contribution in [0.5, 0.6) is 5.75 Å². The molecule has 0 spiro atoms. The number of para-hydroxylation sites is 1. The van der Waals surface area contributed by atoms with Gasteiger partial charge < -0.3 is 10.1 Å². The first kappa shape index (κ1) is 12.6. The average molecular weight is 262 g/mol. The Morgan fingerprint density at radius 1 is 1.44 bits per heavy atom. The summed E-state index contributed by atoms with van der Waals surface area (Å²) in [5.41, 5.74) is 0.535. The van der Waals surface area contributed by atoms with Crippen molar-refractivity contribution >= 4 is 17.2 Å². The van der Waals surface area contributed by atoms with E-state index in [1.165, 1.54) is 0 Å². The topological polar surface area (TPSA) is 51.2 Å². The number of carbonyl (C=O) groups excluding carboxylic acids is 1. The van der Waals surface area contributed by atoms with Gasteiger partial charge in [-0.05, 0) is 19.1 Å². The molecule has 0 aliphatic rings. The summed E-state index contributed by atoms with van der Waals surface area (Å²) in [5, 5.41) is 3.73. The minimum atomic E-state index is -0.152. The predicted molar refractivity (Wildman–Crippen MR) is 71.0 cm³/mol. The van der Waals surface area contributed by atoms with Crippen LogP contribution < -0.4 is 10.1 Å². The Kier molecular flexibility index (Phi) is 3.94. The lowest BCUT2D eigenvalue weighted by atomic mass is 10.2. The number of methoxy groups -OCH3 is 1. The molecule has 1 aromatic heterocycles. The van der Waals surface area contributed by atoms with Crippen LogP contribution in [0.25, 0.3) is 0 Å². The van der Waals surface area contributed by atoms with E-state index in [1.807, 2.05) is 19.1 Å². The molecule has 94 valence electrons. The van der Waals surface area contributed by atoms with E-state index in [2.05, 4.69) is 10.3 Å². The number of amides is 1. The molecule has 5 heteroatoms. The number of nitrogens with zero attached hydrogens (tertiary/aromatic N) is 1. The van der Waals surface area contributed by atoms with Gasteiger partial charge in [-0.2, -0.15) is 0 Å². The SMILES string of the molecule is COc1ccccc1C(=O)NCc1ncc(C)s1. The van der Waals surface area contributed by atoms with Crippen LogP contribution in [0.1, 0.15) is 20.2 Å². The van der Waals surface area contributed by atoms with Crippen LogP contribution >= 0.6 is 11.3 Å². The van der Waals surface area contributed by atoms with Crippen molar-refractivity contribution in [3.63, 3.8) is 0 Å². The summed E-state index contributed by atoms with van der Waals surface area (Å²) in [7, 11) is 1.55. The van der Waals surface area contributed by atoms with Crippen LogP contribution in [-0.2, 0) is 6.54 Å². The van der Waals surface area contributed by atoms with Gasteiger partial charge >= 0.3 is 0 Å². The molecule has 0 unspecified atom stereocenters. The van der Waals surface area contributed by atoms with E-state index >= 15 is 0 Å². The molecule has 0 aliphatic heterocycles. The maximum atomic E-state index is 12.0. The molecular formula is C13H14N2O2S. The standard InChI is InChI=1S/C13H14N2O2S/c1-9-7-14-12(18-9)8-15-13(16)10-5-3-4-6-11(10)17-2/h3-7H,8H2,1-2H3,(H,15,16). The second-order valence-corrected chi connectivity index (χ2v) is 5.07. The zero-order valence-electron chi connectivity index (χ0n) is 10.3. The Morgan fingerprint density at radius 2 is 2.22 bits per heavy atom. The van der Waals surface area contributed by atoms with Crippen LogP contribution in [0.2, 0.25) is 0 Å². The summed E-state index contributed by atoms with van der Waals surface area (Å²) in [6.07, 6.45) is 1.80. The first-order valence-electron chi connectivity index (χ1n) is 5.53. The van der Waals surface area contributed by atoms with Crippen LogP contribution in [0, 0.1) is 6.92 Å². The average Bonchev–Trinajstić information content (AvgIpc) is 2.81. The highest BCUT2D eigenvalue weighted by Gasteiger charge is 2.11. The van der Waals surface area contributed by atoms with Gasteiger partial charge in [0.1, 0.15) is 10.8 Å². The second kappa shape index (κ2) is 5.64. The van der Waals surface area contributed by atoms with Crippen molar-refractivity contribution < 1.29 is 9.53 Å². The van der Waals surface area contributed by atoms with E-state index in [0.29, 0.717) is 17.9 Å². The fourth-order valence-electron chi connectivity index (χ4n) is 1.57. The van der Waals surface area contributed by atoms with Crippen molar-refractivity contribution in [2.45, 2.75) is 13.5 Å². The van der Waals surface area contributed by atoms with Gasteiger partial charge in [-0.25, -0.2) is 4.98 Å². The Morgan fingerprint density at radius 3 is 2.89 bits per heavy atom. The van der Waals surface area contributed by atoms with E-state index < -0.39 is 0 Å². The number of ether oxygens (including phenoxy) is 1. The normalized spacial score (nSPS) is 10.1. The zero-order valence-corrected chi connectivity index (χ0v) is 11.1. The fraction of sp³-hybridized carbons (Fsp3) is 0.231. The number of carbonyl (C=O) groups is 1. The number of rotatable bonds is 4. The Balaban J connectivity index is 2.03. The molecule has 0 bridgehead atoms. The minimum absolute atomic E-state index is 0.152. The molecule has 2 aromatic rings. The molecule has 0 saturated heterocycles. The highest BCUT2D eigenvalue weighted by Crippen LogP contribution is 2.17. The monoisotopic (exact) mass is 262 g/mol. The summed E-state index contributed by atoms with van der Waals surface area (Å²) in [5.74, 6) is 0.422. The van der Waals surface area contributed by atoms with E-state index in [9.17, 15) is 4.79 Å². The van der Waals surface area contributed by atoms with Gasteiger partial charge in [0.2, 0.25) is 0 Å². The smallest absolute Gasteiger partial charge is 0.255 e. The molecule has 4 nitrogen and oxygen atoms in total. The number of nitrogens with one attached hydrogen (secondary N) is 1. The largest absolute Gasteiger partial charge is 0.496 e. The fourth-order valence-corrected chi connectivity index (χ4v) is 2.29. The first-order valence-corrected chi connectivity index (χ1v) is 6.35. The molecule has 0 saturated carbocycles. The number of hydrogen-bond donors (Lipinski definition) is 1. The van der Waals surface area contributed by atoms with Gasteiger partial charge in [-0.1, -0.05) is 12.1 Å². The van der Waals surface area contributed by atoms with Crippen molar-refractivity contribution in [1.82, 2.24) is 10.3 Å². The summed E-state index contributed by atoms with van der Waals surface area (Å²) in [6, 6.07) is 7.15. The molecule has 0 atom stereocenters. The number of benzene rings is 1. The van der Waals surface area contributed by atoms with Crippen molar-refractivity contribution in [3.05, 3.63) is 45.9 Å². The van der Waals surface area contributed by atoms with Crippen molar-refractivity contribution in [3.8, 4) is 5.75 Å². The summed E-state index contributed by atoms with van der Waals surface area (Å²) >= 11 is 1.58. The lowest BCUT2D eigenvalue weighted by Gasteiger charge is -2.07. The van der Waals surface area contributed by atoms with Crippen LogP contribution in [-0.4, -0.2) is 18.0 Å². The van der Waals surface area contributed by atoms with E-state index in [0.717, 1.165) is 9.88 Å². The molecule has 0 radical (unpaired) electrons. The predicted octanol–water partition coefficient (Wildman–Crippen LogP) is 2.39. The summed E-state index contributed by atoms with van der Waals surface area (Å²) in [4.78, 5) is 17.3.